The number of likely N-dealkylation sites (tertiary alicyclic amines) is 1. The molecule has 3 aliphatic carbocycles. The van der Waals surface area contributed by atoms with Crippen molar-refractivity contribution in [2.24, 2.45) is 0 Å². The van der Waals surface area contributed by atoms with Gasteiger partial charge in [0.15, 0.2) is 17.6 Å². The first kappa shape index (κ1) is 21.3. The summed E-state index contributed by atoms with van der Waals surface area (Å²) < 4.78 is 9.44. The number of benzene rings is 2. The summed E-state index contributed by atoms with van der Waals surface area (Å²) in [5.74, 6) is 0.839. The number of hydrogen-bond donors (Lipinski definition) is 2. The van der Waals surface area contributed by atoms with E-state index < -0.39 is 11.0 Å². The molecular formula is C31H34N2O3. The van der Waals surface area contributed by atoms with Crippen molar-refractivity contribution in [2.45, 2.75) is 81.1 Å². The number of aromatic nitrogens is 1. The Bertz CT molecular complexity index is 1390. The van der Waals surface area contributed by atoms with Crippen LogP contribution in [-0.4, -0.2) is 44.9 Å². The maximum atomic E-state index is 12.8. The highest BCUT2D eigenvalue weighted by molar-refractivity contribution is 5.65. The molecule has 0 amide bonds. The van der Waals surface area contributed by atoms with Crippen LogP contribution in [0, 0.1) is 0 Å². The predicted molar refractivity (Wildman–Crippen MR) is 138 cm³/mol. The SMILES string of the molecule is CN1CC[C@]23c4c5ccc(O)c4O[C@H]2c2c(c4c(n2CCc2ccccc2)CCCC4)C[C@@]3(O)[C@H]1C5. The lowest BCUT2D eigenvalue weighted by Gasteiger charge is -2.62. The first-order chi connectivity index (χ1) is 17.5. The quantitative estimate of drug-likeness (QED) is 0.587. The van der Waals surface area contributed by atoms with E-state index in [1.165, 1.54) is 46.5 Å². The van der Waals surface area contributed by atoms with Crippen LogP contribution in [0.2, 0.25) is 0 Å². The van der Waals surface area contributed by atoms with Crippen molar-refractivity contribution in [1.29, 1.82) is 0 Å². The number of likely N-dealkylation sites (N-methyl/N-ethyl adjacent to an activating group) is 1. The van der Waals surface area contributed by atoms with Gasteiger partial charge < -0.3 is 24.4 Å². The average Bonchev–Trinajstić information content (AvgIpc) is 3.40. The number of ether oxygens (including phenoxy) is 1. The zero-order valence-electron chi connectivity index (χ0n) is 21.0. The molecule has 186 valence electrons. The number of rotatable bonds is 3. The first-order valence-corrected chi connectivity index (χ1v) is 13.7. The standard InChI is InChI=1S/C31H34N2O3/c1-32-16-14-30-26-20-11-12-24(34)28(26)36-29(30)27-22(18-31(30,35)25(32)17-20)21-9-5-6-10-23(21)33(27)15-13-19-7-3-2-4-8-19/h2-4,7-8,11-12,25,29,34-35H,5-6,9-10,13-18H2,1H3/t25-,29+,30+,31-/m1/s1. The number of aromatic hydroxyl groups is 1. The average molecular weight is 483 g/mol. The van der Waals surface area contributed by atoms with Crippen molar-refractivity contribution in [3.63, 3.8) is 0 Å². The molecule has 1 saturated heterocycles. The molecule has 1 spiro atoms. The molecule has 1 fully saturated rings. The molecule has 5 nitrogen and oxygen atoms in total. The summed E-state index contributed by atoms with van der Waals surface area (Å²) in [4.78, 5) is 2.37. The highest BCUT2D eigenvalue weighted by Crippen LogP contribution is 2.69. The number of phenols is 1. The number of hydrogen-bond acceptors (Lipinski definition) is 4. The molecule has 2 aromatic carbocycles. The van der Waals surface area contributed by atoms with Gasteiger partial charge in [-0.25, -0.2) is 0 Å². The van der Waals surface area contributed by atoms with E-state index in [4.69, 9.17) is 4.74 Å². The summed E-state index contributed by atoms with van der Waals surface area (Å²) in [5, 5.41) is 23.8. The van der Waals surface area contributed by atoms with Crippen LogP contribution in [0.5, 0.6) is 11.5 Å². The van der Waals surface area contributed by atoms with Gasteiger partial charge in [-0.2, -0.15) is 0 Å². The summed E-state index contributed by atoms with van der Waals surface area (Å²) in [6.45, 7) is 1.86. The number of phenolic OH excluding ortho intramolecular Hbond substituents is 1. The molecule has 4 atom stereocenters. The predicted octanol–water partition coefficient (Wildman–Crippen LogP) is 4.23. The molecule has 2 aliphatic heterocycles. The Morgan fingerprint density at radius 3 is 2.75 bits per heavy atom. The summed E-state index contributed by atoms with van der Waals surface area (Å²) in [6.07, 6.45) is 7.69. The Hall–Kier alpha value is -2.76. The molecule has 2 bridgehead atoms. The fraction of sp³-hybridized carbons (Fsp3) is 0.484. The van der Waals surface area contributed by atoms with E-state index in [0.29, 0.717) is 12.2 Å². The van der Waals surface area contributed by atoms with Crippen LogP contribution >= 0.6 is 0 Å². The van der Waals surface area contributed by atoms with Crippen LogP contribution < -0.4 is 4.74 Å². The zero-order valence-corrected chi connectivity index (χ0v) is 21.0. The lowest BCUT2D eigenvalue weighted by atomic mass is 9.49. The number of aryl methyl sites for hydroxylation is 1. The van der Waals surface area contributed by atoms with Crippen LogP contribution in [0.25, 0.3) is 0 Å². The maximum Gasteiger partial charge on any atom is 0.166 e. The van der Waals surface area contributed by atoms with Crippen LogP contribution in [0.4, 0.5) is 0 Å². The molecular weight excluding hydrogens is 448 g/mol. The Morgan fingerprint density at radius 2 is 1.89 bits per heavy atom. The van der Waals surface area contributed by atoms with Crippen molar-refractivity contribution >= 4 is 0 Å². The van der Waals surface area contributed by atoms with Gasteiger partial charge in [-0.15, -0.1) is 0 Å². The highest BCUT2D eigenvalue weighted by Gasteiger charge is 2.72. The third-order valence-corrected chi connectivity index (χ3v) is 10.4. The zero-order chi connectivity index (χ0) is 24.2. The van der Waals surface area contributed by atoms with Gasteiger partial charge in [0, 0.05) is 30.3 Å². The normalized spacial score (nSPS) is 31.4. The molecule has 0 radical (unpaired) electrons. The summed E-state index contributed by atoms with van der Waals surface area (Å²) in [5.41, 5.74) is 7.84. The van der Waals surface area contributed by atoms with Crippen molar-refractivity contribution in [2.75, 3.05) is 13.6 Å². The number of piperidine rings is 1. The van der Waals surface area contributed by atoms with E-state index in [0.717, 1.165) is 50.8 Å². The van der Waals surface area contributed by atoms with Crippen LogP contribution in [-0.2, 0) is 44.1 Å². The van der Waals surface area contributed by atoms with E-state index >= 15 is 0 Å². The van der Waals surface area contributed by atoms with Gasteiger partial charge in [0.25, 0.3) is 0 Å². The minimum Gasteiger partial charge on any atom is -0.504 e. The fourth-order valence-electron chi connectivity index (χ4n) is 8.81. The number of nitrogens with zero attached hydrogens (tertiary/aromatic N) is 2. The lowest BCUT2D eigenvalue weighted by Crippen LogP contribution is -2.74. The van der Waals surface area contributed by atoms with E-state index in [1.807, 2.05) is 0 Å². The van der Waals surface area contributed by atoms with Crippen molar-refractivity contribution < 1.29 is 14.9 Å². The monoisotopic (exact) mass is 482 g/mol. The fourth-order valence-corrected chi connectivity index (χ4v) is 8.81. The van der Waals surface area contributed by atoms with Crippen LogP contribution in [0.15, 0.2) is 42.5 Å². The van der Waals surface area contributed by atoms with Crippen LogP contribution in [0.3, 0.4) is 0 Å². The van der Waals surface area contributed by atoms with Gasteiger partial charge in [-0.3, -0.25) is 0 Å². The molecule has 2 N–H and O–H groups in total. The maximum absolute atomic E-state index is 12.8. The molecule has 5 heteroatoms. The summed E-state index contributed by atoms with van der Waals surface area (Å²) >= 11 is 0. The third kappa shape index (κ3) is 2.44. The Morgan fingerprint density at radius 1 is 1.06 bits per heavy atom. The van der Waals surface area contributed by atoms with Gasteiger partial charge in [0.1, 0.15) is 0 Å². The van der Waals surface area contributed by atoms with Gasteiger partial charge in [-0.05, 0) is 86.9 Å². The molecule has 0 saturated carbocycles. The minimum atomic E-state index is -0.902. The molecule has 3 heterocycles. The highest BCUT2D eigenvalue weighted by atomic mass is 16.5. The Kier molecular flexibility index (Phi) is 4.25. The summed E-state index contributed by atoms with van der Waals surface area (Å²) in [6, 6.07) is 14.7. The van der Waals surface area contributed by atoms with Gasteiger partial charge in [-0.1, -0.05) is 36.4 Å². The second-order valence-electron chi connectivity index (χ2n) is 11.9. The second-order valence-corrected chi connectivity index (χ2v) is 11.9. The Balaban J connectivity index is 1.37. The van der Waals surface area contributed by atoms with E-state index in [9.17, 15) is 10.2 Å². The van der Waals surface area contributed by atoms with Gasteiger partial charge in [0.2, 0.25) is 0 Å². The molecule has 3 aromatic rings. The van der Waals surface area contributed by atoms with E-state index in [1.54, 1.807) is 6.07 Å². The largest absolute Gasteiger partial charge is 0.504 e. The van der Waals surface area contributed by atoms with Crippen LogP contribution in [0.1, 0.15) is 64.6 Å². The molecule has 0 unspecified atom stereocenters. The number of aliphatic hydroxyl groups is 1. The molecule has 1 aromatic heterocycles. The van der Waals surface area contributed by atoms with E-state index in [-0.39, 0.29) is 17.9 Å². The molecule has 8 rings (SSSR count). The molecule has 36 heavy (non-hydrogen) atoms. The van der Waals surface area contributed by atoms with Crippen molar-refractivity contribution in [3.05, 3.63) is 81.7 Å². The second kappa shape index (κ2) is 7.17. The smallest absolute Gasteiger partial charge is 0.166 e. The van der Waals surface area contributed by atoms with Crippen molar-refractivity contribution in [3.8, 4) is 11.5 Å². The minimum absolute atomic E-state index is 0.0559. The topological polar surface area (TPSA) is 57.9 Å². The van der Waals surface area contributed by atoms with E-state index in [2.05, 4.69) is 52.9 Å². The van der Waals surface area contributed by atoms with Gasteiger partial charge in [0.05, 0.1) is 16.7 Å². The lowest BCUT2D eigenvalue weighted by molar-refractivity contribution is -0.168. The number of fused-ring (bicyclic) bond motifs is 4. The van der Waals surface area contributed by atoms with Crippen molar-refractivity contribution in [1.82, 2.24) is 9.47 Å². The molecule has 5 aliphatic rings. The van der Waals surface area contributed by atoms with Gasteiger partial charge >= 0.3 is 0 Å². The first-order valence-electron chi connectivity index (χ1n) is 13.7. The Labute approximate surface area is 212 Å². The summed E-state index contributed by atoms with van der Waals surface area (Å²) in [7, 11) is 2.17. The third-order valence-electron chi connectivity index (χ3n) is 10.4.